The standard InChI is InChI=1S/C23H25N3O2/c27-22(19-11-5-2-6-12-19)25-21-15-13-20(14-16-21)23(28)26-24-17-7-10-18-8-3-1-4-9-18/h1,3-4,7-10,13-17,19H,2,5-6,11-12H2,(H,25,27)(H,26,28)/b10-7+,24-17+. The lowest BCUT2D eigenvalue weighted by atomic mass is 9.88. The molecular formula is C23H25N3O2. The molecule has 0 saturated heterocycles. The minimum atomic E-state index is -0.297. The highest BCUT2D eigenvalue weighted by Crippen LogP contribution is 2.25. The van der Waals surface area contributed by atoms with E-state index < -0.39 is 0 Å². The lowest BCUT2D eigenvalue weighted by Crippen LogP contribution is -2.24. The fraction of sp³-hybridized carbons (Fsp3) is 0.261. The topological polar surface area (TPSA) is 70.6 Å². The van der Waals surface area contributed by atoms with Gasteiger partial charge >= 0.3 is 0 Å². The number of anilines is 1. The molecule has 1 aliphatic rings. The van der Waals surface area contributed by atoms with E-state index in [9.17, 15) is 9.59 Å². The third-order valence-electron chi connectivity index (χ3n) is 4.81. The van der Waals surface area contributed by atoms with Gasteiger partial charge in [0.1, 0.15) is 0 Å². The maximum absolute atomic E-state index is 12.3. The van der Waals surface area contributed by atoms with Crippen LogP contribution in [0.15, 0.2) is 65.8 Å². The van der Waals surface area contributed by atoms with Crippen molar-refractivity contribution in [3.8, 4) is 0 Å². The second-order valence-corrected chi connectivity index (χ2v) is 6.89. The molecule has 1 fully saturated rings. The largest absolute Gasteiger partial charge is 0.326 e. The van der Waals surface area contributed by atoms with E-state index in [2.05, 4.69) is 15.8 Å². The minimum absolute atomic E-state index is 0.0757. The minimum Gasteiger partial charge on any atom is -0.326 e. The number of allylic oxidation sites excluding steroid dienone is 1. The maximum atomic E-state index is 12.3. The van der Waals surface area contributed by atoms with Gasteiger partial charge in [0.15, 0.2) is 0 Å². The van der Waals surface area contributed by atoms with Crippen LogP contribution in [0.3, 0.4) is 0 Å². The molecule has 0 aliphatic heterocycles. The summed E-state index contributed by atoms with van der Waals surface area (Å²) in [6, 6.07) is 16.7. The van der Waals surface area contributed by atoms with Crippen molar-refractivity contribution in [2.75, 3.05) is 5.32 Å². The first-order valence-electron chi connectivity index (χ1n) is 9.68. The zero-order valence-corrected chi connectivity index (χ0v) is 15.8. The van der Waals surface area contributed by atoms with Crippen LogP contribution in [0.4, 0.5) is 5.69 Å². The smallest absolute Gasteiger partial charge is 0.271 e. The summed E-state index contributed by atoms with van der Waals surface area (Å²) in [5.41, 5.74) is 4.75. The molecule has 2 amide bonds. The van der Waals surface area contributed by atoms with Crippen LogP contribution in [-0.4, -0.2) is 18.0 Å². The van der Waals surface area contributed by atoms with Crippen molar-refractivity contribution in [2.24, 2.45) is 11.0 Å². The summed E-state index contributed by atoms with van der Waals surface area (Å²) in [5.74, 6) is -0.115. The van der Waals surface area contributed by atoms with Gasteiger partial charge in [-0.3, -0.25) is 9.59 Å². The normalized spacial score (nSPS) is 15.0. The van der Waals surface area contributed by atoms with Crippen LogP contribution in [-0.2, 0) is 4.79 Å². The van der Waals surface area contributed by atoms with Crippen LogP contribution in [0.1, 0.15) is 48.0 Å². The molecule has 3 rings (SSSR count). The van der Waals surface area contributed by atoms with E-state index in [1.54, 1.807) is 30.3 Å². The zero-order chi connectivity index (χ0) is 19.6. The van der Waals surface area contributed by atoms with E-state index >= 15 is 0 Å². The van der Waals surface area contributed by atoms with E-state index in [-0.39, 0.29) is 17.7 Å². The first-order valence-corrected chi connectivity index (χ1v) is 9.68. The van der Waals surface area contributed by atoms with Gasteiger partial charge in [0, 0.05) is 23.4 Å². The van der Waals surface area contributed by atoms with E-state index in [1.165, 1.54) is 12.6 Å². The predicted octanol–water partition coefficient (Wildman–Crippen LogP) is 4.63. The van der Waals surface area contributed by atoms with Gasteiger partial charge in [-0.25, -0.2) is 5.43 Å². The van der Waals surface area contributed by atoms with Gasteiger partial charge in [-0.1, -0.05) is 55.7 Å². The Morgan fingerprint density at radius 1 is 0.929 bits per heavy atom. The molecule has 2 N–H and O–H groups in total. The van der Waals surface area contributed by atoms with Gasteiger partial charge in [0.05, 0.1) is 0 Å². The Balaban J connectivity index is 1.47. The molecule has 0 bridgehead atoms. The number of hydrogen-bond donors (Lipinski definition) is 2. The third-order valence-corrected chi connectivity index (χ3v) is 4.81. The fourth-order valence-electron chi connectivity index (χ4n) is 3.24. The first-order chi connectivity index (χ1) is 13.7. The number of hydrazone groups is 1. The van der Waals surface area contributed by atoms with E-state index in [0.717, 1.165) is 31.2 Å². The molecule has 5 heteroatoms. The predicted molar refractivity (Wildman–Crippen MR) is 113 cm³/mol. The van der Waals surface area contributed by atoms with E-state index in [1.807, 2.05) is 36.4 Å². The van der Waals surface area contributed by atoms with Crippen molar-refractivity contribution in [1.82, 2.24) is 5.43 Å². The van der Waals surface area contributed by atoms with Crippen molar-refractivity contribution in [3.63, 3.8) is 0 Å². The Labute approximate surface area is 165 Å². The summed E-state index contributed by atoms with van der Waals surface area (Å²) < 4.78 is 0. The van der Waals surface area contributed by atoms with Crippen molar-refractivity contribution < 1.29 is 9.59 Å². The summed E-state index contributed by atoms with van der Waals surface area (Å²) in [6.07, 6.45) is 10.6. The number of nitrogens with zero attached hydrogens (tertiary/aromatic N) is 1. The van der Waals surface area contributed by atoms with Gasteiger partial charge in [-0.2, -0.15) is 5.10 Å². The molecule has 0 spiro atoms. The van der Waals surface area contributed by atoms with Gasteiger partial charge < -0.3 is 5.32 Å². The van der Waals surface area contributed by atoms with Crippen LogP contribution in [0.2, 0.25) is 0 Å². The average molecular weight is 375 g/mol. The Morgan fingerprint density at radius 3 is 2.36 bits per heavy atom. The monoisotopic (exact) mass is 375 g/mol. The first kappa shape index (κ1) is 19.5. The number of nitrogens with one attached hydrogen (secondary N) is 2. The number of carbonyl (C=O) groups excluding carboxylic acids is 2. The lowest BCUT2D eigenvalue weighted by Gasteiger charge is -2.20. The summed E-state index contributed by atoms with van der Waals surface area (Å²) in [4.78, 5) is 24.4. The Kier molecular flexibility index (Phi) is 7.13. The number of amides is 2. The van der Waals surface area contributed by atoms with Crippen LogP contribution in [0.25, 0.3) is 6.08 Å². The van der Waals surface area contributed by atoms with Crippen molar-refractivity contribution in [1.29, 1.82) is 0 Å². The molecule has 2 aromatic carbocycles. The molecule has 1 saturated carbocycles. The Bertz CT molecular complexity index is 836. The summed E-state index contributed by atoms with van der Waals surface area (Å²) >= 11 is 0. The molecule has 0 unspecified atom stereocenters. The molecule has 0 radical (unpaired) electrons. The van der Waals surface area contributed by atoms with Crippen LogP contribution >= 0.6 is 0 Å². The number of hydrogen-bond acceptors (Lipinski definition) is 3. The average Bonchev–Trinajstić information content (AvgIpc) is 2.75. The highest BCUT2D eigenvalue weighted by Gasteiger charge is 2.21. The lowest BCUT2D eigenvalue weighted by molar-refractivity contribution is -0.120. The summed E-state index contributed by atoms with van der Waals surface area (Å²) in [6.45, 7) is 0. The Morgan fingerprint density at radius 2 is 1.64 bits per heavy atom. The summed E-state index contributed by atoms with van der Waals surface area (Å²) in [5, 5.41) is 6.86. The molecule has 5 nitrogen and oxygen atoms in total. The highest BCUT2D eigenvalue weighted by atomic mass is 16.2. The second-order valence-electron chi connectivity index (χ2n) is 6.89. The number of carbonyl (C=O) groups is 2. The molecule has 144 valence electrons. The van der Waals surface area contributed by atoms with Crippen LogP contribution < -0.4 is 10.7 Å². The van der Waals surface area contributed by atoms with Crippen molar-refractivity contribution in [3.05, 3.63) is 71.8 Å². The van der Waals surface area contributed by atoms with Gasteiger partial charge in [0.2, 0.25) is 5.91 Å². The molecular weight excluding hydrogens is 350 g/mol. The summed E-state index contributed by atoms with van der Waals surface area (Å²) in [7, 11) is 0. The molecule has 28 heavy (non-hydrogen) atoms. The number of benzene rings is 2. The van der Waals surface area contributed by atoms with Crippen molar-refractivity contribution >= 4 is 29.8 Å². The van der Waals surface area contributed by atoms with Crippen LogP contribution in [0.5, 0.6) is 0 Å². The zero-order valence-electron chi connectivity index (χ0n) is 15.8. The SMILES string of the molecule is O=C(N/N=C/C=C/c1ccccc1)c1ccc(NC(=O)C2CCCCC2)cc1. The van der Waals surface area contributed by atoms with E-state index in [0.29, 0.717) is 11.3 Å². The Hall–Kier alpha value is -3.21. The van der Waals surface area contributed by atoms with Crippen molar-refractivity contribution in [2.45, 2.75) is 32.1 Å². The van der Waals surface area contributed by atoms with Gasteiger partial charge in [-0.15, -0.1) is 0 Å². The van der Waals surface area contributed by atoms with Crippen LogP contribution in [0, 0.1) is 5.92 Å². The number of rotatable bonds is 6. The third kappa shape index (κ3) is 5.91. The quantitative estimate of drug-likeness (QED) is 0.571. The molecule has 0 heterocycles. The molecule has 0 aromatic heterocycles. The fourth-order valence-corrected chi connectivity index (χ4v) is 3.24. The maximum Gasteiger partial charge on any atom is 0.271 e. The molecule has 2 aromatic rings. The second kappa shape index (κ2) is 10.2. The van der Waals surface area contributed by atoms with Gasteiger partial charge in [-0.05, 0) is 48.7 Å². The highest BCUT2D eigenvalue weighted by molar-refractivity contribution is 5.96. The van der Waals surface area contributed by atoms with E-state index in [4.69, 9.17) is 0 Å². The van der Waals surface area contributed by atoms with Gasteiger partial charge in [0.25, 0.3) is 5.91 Å². The molecule has 0 atom stereocenters. The molecule has 1 aliphatic carbocycles.